The number of carbonyl (C=O) groups is 1. The van der Waals surface area contributed by atoms with Crippen molar-refractivity contribution in [1.82, 2.24) is 20.2 Å². The number of benzene rings is 3. The fraction of sp³-hybridized carbons (Fsp3) is 0.233. The first-order valence-electron chi connectivity index (χ1n) is 13.0. The molecule has 0 radical (unpaired) electrons. The first-order valence-corrected chi connectivity index (χ1v) is 13.0. The molecule has 0 saturated carbocycles. The van der Waals surface area contributed by atoms with E-state index < -0.39 is 0 Å². The molecule has 0 aliphatic heterocycles. The van der Waals surface area contributed by atoms with Gasteiger partial charge >= 0.3 is 0 Å². The molecule has 0 saturated heterocycles. The van der Waals surface area contributed by atoms with Crippen LogP contribution >= 0.6 is 0 Å². The average Bonchev–Trinajstić information content (AvgIpc) is 3.50. The molecule has 10 heteroatoms. The van der Waals surface area contributed by atoms with Gasteiger partial charge in [0.2, 0.25) is 17.6 Å². The van der Waals surface area contributed by atoms with Gasteiger partial charge in [0, 0.05) is 36.5 Å². The number of hydrogen-bond donors (Lipinski definition) is 2. The van der Waals surface area contributed by atoms with Crippen molar-refractivity contribution in [3.63, 3.8) is 0 Å². The van der Waals surface area contributed by atoms with Crippen LogP contribution in [0.5, 0.6) is 11.5 Å². The van der Waals surface area contributed by atoms with Crippen LogP contribution in [0.1, 0.15) is 29.1 Å². The number of carbonyl (C=O) groups excluding carboxylic acids is 1. The summed E-state index contributed by atoms with van der Waals surface area (Å²) in [4.78, 5) is 22.0. The molecule has 5 aromatic rings. The molecule has 40 heavy (non-hydrogen) atoms. The van der Waals surface area contributed by atoms with E-state index in [0.29, 0.717) is 54.2 Å². The Balaban J connectivity index is 1.25. The largest absolute Gasteiger partial charge is 0.493 e. The van der Waals surface area contributed by atoms with Crippen LogP contribution in [0.25, 0.3) is 22.4 Å². The van der Waals surface area contributed by atoms with Crippen molar-refractivity contribution < 1.29 is 18.7 Å². The summed E-state index contributed by atoms with van der Waals surface area (Å²) >= 11 is 0. The maximum absolute atomic E-state index is 12.6. The summed E-state index contributed by atoms with van der Waals surface area (Å²) in [7, 11) is 3.19. The van der Waals surface area contributed by atoms with Gasteiger partial charge in [-0.05, 0) is 36.6 Å². The van der Waals surface area contributed by atoms with Gasteiger partial charge in [-0.2, -0.15) is 4.98 Å². The predicted octanol–water partition coefficient (Wildman–Crippen LogP) is 5.43. The number of Topliss-reactive ketones (excluding diaryl/α,β-unsaturated/α-hetero) is 1. The molecule has 3 aromatic carbocycles. The van der Waals surface area contributed by atoms with E-state index in [4.69, 9.17) is 18.9 Å². The van der Waals surface area contributed by atoms with Crippen LogP contribution in [0.15, 0.2) is 77.2 Å². The van der Waals surface area contributed by atoms with Crippen molar-refractivity contribution in [3.8, 4) is 23.0 Å². The minimum absolute atomic E-state index is 0.00625. The van der Waals surface area contributed by atoms with Gasteiger partial charge in [-0.3, -0.25) is 4.79 Å². The van der Waals surface area contributed by atoms with Crippen LogP contribution in [-0.4, -0.2) is 53.3 Å². The van der Waals surface area contributed by atoms with Gasteiger partial charge in [0.25, 0.3) is 5.89 Å². The van der Waals surface area contributed by atoms with E-state index >= 15 is 0 Å². The molecule has 0 bridgehead atoms. The summed E-state index contributed by atoms with van der Waals surface area (Å²) in [5.74, 6) is 2.42. The smallest absolute Gasteiger partial charge is 0.284 e. The molecule has 2 aromatic heterocycles. The average molecular weight is 539 g/mol. The fourth-order valence-electron chi connectivity index (χ4n) is 4.23. The molecule has 0 aliphatic carbocycles. The van der Waals surface area contributed by atoms with Crippen LogP contribution < -0.4 is 20.1 Å². The minimum atomic E-state index is -0.212. The summed E-state index contributed by atoms with van der Waals surface area (Å²) in [5, 5.41) is 15.4. The number of ketones is 1. The SMILES string of the molecule is COc1cc2nc(NCCCC(=O)c3nnc(-c4ccccc4)o3)nc(NCCc3ccccc3)c2cc1OC. The van der Waals surface area contributed by atoms with E-state index in [1.165, 1.54) is 5.56 Å². The highest BCUT2D eigenvalue weighted by atomic mass is 16.5. The third kappa shape index (κ3) is 6.35. The zero-order valence-electron chi connectivity index (χ0n) is 22.4. The Morgan fingerprint density at radius 3 is 2.33 bits per heavy atom. The minimum Gasteiger partial charge on any atom is -0.493 e. The molecule has 10 nitrogen and oxygen atoms in total. The van der Waals surface area contributed by atoms with Crippen LogP contribution in [0.3, 0.4) is 0 Å². The molecule has 204 valence electrons. The molecule has 0 unspecified atom stereocenters. The lowest BCUT2D eigenvalue weighted by Crippen LogP contribution is -2.12. The number of fused-ring (bicyclic) bond motifs is 1. The Hall–Kier alpha value is -4.99. The number of ether oxygens (including phenoxy) is 2. The van der Waals surface area contributed by atoms with Crippen LogP contribution in [0.2, 0.25) is 0 Å². The topological polar surface area (TPSA) is 124 Å². The molecular weight excluding hydrogens is 508 g/mol. The summed E-state index contributed by atoms with van der Waals surface area (Å²) in [6.07, 6.45) is 1.61. The number of aromatic nitrogens is 4. The first kappa shape index (κ1) is 26.6. The van der Waals surface area contributed by atoms with Crippen molar-refractivity contribution in [2.24, 2.45) is 0 Å². The maximum atomic E-state index is 12.6. The zero-order valence-corrected chi connectivity index (χ0v) is 22.4. The van der Waals surface area contributed by atoms with E-state index in [9.17, 15) is 4.79 Å². The summed E-state index contributed by atoms with van der Waals surface area (Å²) in [6, 6.07) is 23.3. The molecule has 0 aliphatic rings. The Morgan fingerprint density at radius 2 is 1.57 bits per heavy atom. The second-order valence-electron chi connectivity index (χ2n) is 9.01. The van der Waals surface area contributed by atoms with Gasteiger partial charge in [-0.25, -0.2) is 4.98 Å². The third-order valence-electron chi connectivity index (χ3n) is 6.30. The molecule has 0 spiro atoms. The number of methoxy groups -OCH3 is 2. The zero-order chi connectivity index (χ0) is 27.7. The van der Waals surface area contributed by atoms with Gasteiger partial charge < -0.3 is 24.5 Å². The van der Waals surface area contributed by atoms with Gasteiger partial charge in [0.1, 0.15) is 5.82 Å². The Bertz CT molecular complexity index is 1570. The lowest BCUT2D eigenvalue weighted by molar-refractivity contribution is 0.0948. The molecule has 0 fully saturated rings. The van der Waals surface area contributed by atoms with Gasteiger partial charge in [-0.1, -0.05) is 48.5 Å². The molecule has 5 rings (SSSR count). The normalized spacial score (nSPS) is 10.8. The second-order valence-corrected chi connectivity index (χ2v) is 9.01. The van der Waals surface area contributed by atoms with Gasteiger partial charge in [0.15, 0.2) is 11.5 Å². The van der Waals surface area contributed by atoms with Crippen LogP contribution in [-0.2, 0) is 6.42 Å². The highest BCUT2D eigenvalue weighted by Gasteiger charge is 2.16. The Labute approximate surface area is 231 Å². The number of nitrogens with one attached hydrogen (secondary N) is 2. The monoisotopic (exact) mass is 538 g/mol. The predicted molar refractivity (Wildman–Crippen MR) is 153 cm³/mol. The second kappa shape index (κ2) is 12.7. The van der Waals surface area contributed by atoms with Gasteiger partial charge in [0.05, 0.1) is 19.7 Å². The number of anilines is 2. The number of rotatable bonds is 13. The highest BCUT2D eigenvalue weighted by Crippen LogP contribution is 2.34. The van der Waals surface area contributed by atoms with E-state index in [0.717, 1.165) is 17.4 Å². The Morgan fingerprint density at radius 1 is 0.850 bits per heavy atom. The third-order valence-corrected chi connectivity index (χ3v) is 6.30. The highest BCUT2D eigenvalue weighted by molar-refractivity contribution is 5.93. The molecule has 2 heterocycles. The summed E-state index contributed by atoms with van der Waals surface area (Å²) in [5.41, 5.74) is 2.70. The lowest BCUT2D eigenvalue weighted by Gasteiger charge is -2.14. The van der Waals surface area contributed by atoms with E-state index in [1.54, 1.807) is 14.2 Å². The van der Waals surface area contributed by atoms with E-state index in [-0.39, 0.29) is 18.1 Å². The number of nitrogens with zero attached hydrogens (tertiary/aromatic N) is 4. The number of hydrogen-bond acceptors (Lipinski definition) is 10. The van der Waals surface area contributed by atoms with Crippen molar-refractivity contribution in [2.45, 2.75) is 19.3 Å². The van der Waals surface area contributed by atoms with Crippen LogP contribution in [0, 0.1) is 0 Å². The van der Waals surface area contributed by atoms with Crippen molar-refractivity contribution in [1.29, 1.82) is 0 Å². The van der Waals surface area contributed by atoms with E-state index in [1.807, 2.05) is 60.7 Å². The fourth-order valence-corrected chi connectivity index (χ4v) is 4.23. The van der Waals surface area contributed by atoms with Gasteiger partial charge in [-0.15, -0.1) is 10.2 Å². The lowest BCUT2D eigenvalue weighted by atomic mass is 10.1. The van der Waals surface area contributed by atoms with Crippen molar-refractivity contribution in [3.05, 3.63) is 84.3 Å². The summed E-state index contributed by atoms with van der Waals surface area (Å²) in [6.45, 7) is 1.17. The van der Waals surface area contributed by atoms with Crippen LogP contribution in [0.4, 0.5) is 11.8 Å². The quantitative estimate of drug-likeness (QED) is 0.148. The first-order chi connectivity index (χ1) is 19.6. The summed E-state index contributed by atoms with van der Waals surface area (Å²) < 4.78 is 16.5. The molecule has 0 amide bonds. The van der Waals surface area contributed by atoms with Crippen molar-refractivity contribution in [2.75, 3.05) is 37.9 Å². The molecule has 0 atom stereocenters. The van der Waals surface area contributed by atoms with E-state index in [2.05, 4.69) is 37.9 Å². The standard InChI is InChI=1S/C30H30N6O4/c1-38-25-18-22-23(19-26(25)39-2)33-30(34-27(22)31-17-15-20-10-5-3-6-11-20)32-16-9-14-24(37)29-36-35-28(40-29)21-12-7-4-8-13-21/h3-8,10-13,18-19H,9,14-17H2,1-2H3,(H2,31,32,33,34). The molecule has 2 N–H and O–H groups in total. The molecular formula is C30H30N6O4. The maximum Gasteiger partial charge on any atom is 0.284 e. The van der Waals surface area contributed by atoms with Crippen molar-refractivity contribution >= 4 is 28.5 Å². The Kier molecular flexibility index (Phi) is 8.45.